The van der Waals surface area contributed by atoms with Gasteiger partial charge in [-0.05, 0) is 53.8 Å². The lowest BCUT2D eigenvalue weighted by molar-refractivity contribution is -0.838. The molecule has 3 N–H and O–H groups in total. The molecule has 0 spiro atoms. The van der Waals surface area contributed by atoms with Crippen LogP contribution in [0.4, 0.5) is 0 Å². The molecular weight excluding hydrogens is 386 g/mol. The molecule has 5 nitrogen and oxygen atoms in total. The van der Waals surface area contributed by atoms with Crippen molar-refractivity contribution >= 4 is 10.9 Å². The topological polar surface area (TPSA) is 86.0 Å². The van der Waals surface area contributed by atoms with Gasteiger partial charge in [-0.2, -0.15) is 10.7 Å². The van der Waals surface area contributed by atoms with Crippen LogP contribution in [0.15, 0.2) is 78.7 Å². The molecule has 4 rings (SSSR count). The highest BCUT2D eigenvalue weighted by molar-refractivity contribution is 5.94. The number of nitrogens with zero attached hydrogens (tertiary/aromatic N) is 2. The highest BCUT2D eigenvalue weighted by Crippen LogP contribution is 2.54. The molecule has 1 fully saturated rings. The molecule has 1 aromatic heterocycles. The van der Waals surface area contributed by atoms with Crippen molar-refractivity contribution in [2.75, 3.05) is 0 Å². The van der Waals surface area contributed by atoms with Gasteiger partial charge in [0, 0.05) is 28.8 Å². The van der Waals surface area contributed by atoms with Gasteiger partial charge in [-0.1, -0.05) is 44.2 Å². The molecule has 1 saturated heterocycles. The standard InChI is InChI=1S/C26H25N3O2/c1-4-22(10-12-29-30)26(16-27)25(31-26)20-8-5-7-18(13-20)23-15-21(17(2)3)14-19-9-6-11-28-24(19)23/h4-15,17,25,29-30H,1-3H3/p+1/b12-10-,22-4+. The molecule has 2 heterocycles. The Bertz CT molecular complexity index is 1220. The molecule has 3 aromatic rings. The number of aromatic nitrogens is 1. The molecule has 0 aliphatic carbocycles. The predicted octanol–water partition coefficient (Wildman–Crippen LogP) is 4.77. The van der Waals surface area contributed by atoms with E-state index in [0.717, 1.165) is 38.6 Å². The molecule has 2 unspecified atom stereocenters. The van der Waals surface area contributed by atoms with Gasteiger partial charge in [0.25, 0.3) is 0 Å². The minimum atomic E-state index is -1.03. The van der Waals surface area contributed by atoms with Crippen molar-refractivity contribution in [3.63, 3.8) is 0 Å². The van der Waals surface area contributed by atoms with E-state index >= 15 is 0 Å². The van der Waals surface area contributed by atoms with Crippen LogP contribution in [0.3, 0.4) is 0 Å². The van der Waals surface area contributed by atoms with Crippen LogP contribution in [0, 0.1) is 11.3 Å². The van der Waals surface area contributed by atoms with E-state index in [1.165, 1.54) is 11.8 Å². The smallest absolute Gasteiger partial charge is 0.210 e. The van der Waals surface area contributed by atoms with Gasteiger partial charge in [-0.3, -0.25) is 4.98 Å². The average Bonchev–Trinajstić information content (AvgIpc) is 3.55. The Labute approximate surface area is 182 Å². The Kier molecular flexibility index (Phi) is 5.71. The van der Waals surface area contributed by atoms with Crippen LogP contribution in [-0.4, -0.2) is 15.8 Å². The third kappa shape index (κ3) is 3.77. The second-order valence-corrected chi connectivity index (χ2v) is 8.02. The Morgan fingerprint density at radius 1 is 1.26 bits per heavy atom. The summed E-state index contributed by atoms with van der Waals surface area (Å²) < 4.78 is 5.94. The number of hydrogen-bond donors (Lipinski definition) is 2. The fourth-order valence-corrected chi connectivity index (χ4v) is 4.04. The molecule has 2 atom stereocenters. The molecule has 1 aliphatic heterocycles. The Morgan fingerprint density at radius 2 is 2.10 bits per heavy atom. The number of pyridine rings is 1. The number of epoxide rings is 1. The maximum absolute atomic E-state index is 9.88. The summed E-state index contributed by atoms with van der Waals surface area (Å²) in [4.78, 5) is 4.64. The molecular formula is C26H26N3O2+. The Morgan fingerprint density at radius 3 is 2.81 bits per heavy atom. The first-order chi connectivity index (χ1) is 15.0. The van der Waals surface area contributed by atoms with E-state index in [1.54, 1.807) is 6.08 Å². The maximum Gasteiger partial charge on any atom is 0.210 e. The van der Waals surface area contributed by atoms with Gasteiger partial charge in [0.1, 0.15) is 18.4 Å². The van der Waals surface area contributed by atoms with Crippen molar-refractivity contribution in [3.05, 3.63) is 89.8 Å². The van der Waals surface area contributed by atoms with Gasteiger partial charge in [0.15, 0.2) is 0 Å². The van der Waals surface area contributed by atoms with Gasteiger partial charge in [-0.15, -0.1) is 0 Å². The molecule has 0 bridgehead atoms. The minimum absolute atomic E-state index is 0.362. The zero-order chi connectivity index (χ0) is 22.0. The quantitative estimate of drug-likeness (QED) is 0.347. The van der Waals surface area contributed by atoms with Gasteiger partial charge in [0.2, 0.25) is 5.60 Å². The number of nitrogens with two attached hydrogens (primary N) is 1. The number of allylic oxidation sites excluding steroid dienone is 1. The van der Waals surface area contributed by atoms with Crippen LogP contribution in [0.25, 0.3) is 22.0 Å². The van der Waals surface area contributed by atoms with Crippen LogP contribution < -0.4 is 5.48 Å². The van der Waals surface area contributed by atoms with E-state index in [-0.39, 0.29) is 6.10 Å². The lowest BCUT2D eigenvalue weighted by Crippen LogP contribution is -2.73. The molecule has 5 heteroatoms. The SMILES string of the molecule is C/C=C(\C=C/[NH2+]O)C1(C#N)OC1c1cccc(-c2cc(C(C)C)cc3cccnc23)c1. The molecule has 0 amide bonds. The summed E-state index contributed by atoms with van der Waals surface area (Å²) >= 11 is 0. The first-order valence-electron chi connectivity index (χ1n) is 10.4. The second kappa shape index (κ2) is 8.44. The zero-order valence-electron chi connectivity index (χ0n) is 17.9. The second-order valence-electron chi connectivity index (χ2n) is 8.02. The van der Waals surface area contributed by atoms with Crippen LogP contribution in [0.5, 0.6) is 0 Å². The molecule has 1 aliphatic rings. The Balaban J connectivity index is 1.78. The average molecular weight is 413 g/mol. The van der Waals surface area contributed by atoms with Gasteiger partial charge >= 0.3 is 0 Å². The van der Waals surface area contributed by atoms with Crippen molar-refractivity contribution in [1.82, 2.24) is 4.98 Å². The third-order valence-electron chi connectivity index (χ3n) is 5.78. The lowest BCUT2D eigenvalue weighted by atomic mass is 9.90. The van der Waals surface area contributed by atoms with Crippen LogP contribution >= 0.6 is 0 Å². The van der Waals surface area contributed by atoms with Crippen molar-refractivity contribution < 1.29 is 15.4 Å². The normalized spacial score (nSPS) is 21.0. The largest absolute Gasteiger partial charge is 0.340 e. The summed E-state index contributed by atoms with van der Waals surface area (Å²) in [7, 11) is 0. The first kappa shape index (κ1) is 21.0. The highest BCUT2D eigenvalue weighted by Gasteiger charge is 2.60. The van der Waals surface area contributed by atoms with E-state index < -0.39 is 5.60 Å². The number of nitriles is 1. The van der Waals surface area contributed by atoms with Crippen LogP contribution in [0.2, 0.25) is 0 Å². The summed E-state index contributed by atoms with van der Waals surface area (Å²) in [5.41, 5.74) is 5.93. The number of ether oxygens (including phenoxy) is 1. The zero-order valence-corrected chi connectivity index (χ0v) is 17.9. The number of hydroxylamine groups is 1. The molecule has 2 aromatic carbocycles. The van der Waals surface area contributed by atoms with Gasteiger partial charge in [-0.25, -0.2) is 5.21 Å². The summed E-state index contributed by atoms with van der Waals surface area (Å²) in [5.74, 6) is 0.400. The summed E-state index contributed by atoms with van der Waals surface area (Å²) in [6.07, 6.45) is 6.50. The highest BCUT2D eigenvalue weighted by atomic mass is 16.6. The number of fused-ring (bicyclic) bond motifs is 1. The first-order valence-corrected chi connectivity index (χ1v) is 10.4. The lowest BCUT2D eigenvalue weighted by Gasteiger charge is -2.13. The predicted molar refractivity (Wildman–Crippen MR) is 120 cm³/mol. The van der Waals surface area contributed by atoms with E-state index in [2.05, 4.69) is 55.2 Å². The fourth-order valence-electron chi connectivity index (χ4n) is 4.04. The summed E-state index contributed by atoms with van der Waals surface area (Å²) in [6, 6.07) is 18.9. The number of quaternary nitrogens is 1. The van der Waals surface area contributed by atoms with Crippen molar-refractivity contribution in [2.24, 2.45) is 0 Å². The summed E-state index contributed by atoms with van der Waals surface area (Å²) in [6.45, 7) is 6.24. The van der Waals surface area contributed by atoms with Gasteiger partial charge in [0.05, 0.1) is 5.52 Å². The molecule has 31 heavy (non-hydrogen) atoms. The van der Waals surface area contributed by atoms with E-state index in [0.29, 0.717) is 5.92 Å². The van der Waals surface area contributed by atoms with E-state index in [9.17, 15) is 5.26 Å². The van der Waals surface area contributed by atoms with Crippen LogP contribution in [-0.2, 0) is 4.74 Å². The molecule has 0 radical (unpaired) electrons. The van der Waals surface area contributed by atoms with E-state index in [4.69, 9.17) is 9.94 Å². The fraction of sp³-hybridized carbons (Fsp3) is 0.231. The van der Waals surface area contributed by atoms with Crippen LogP contribution in [0.1, 0.15) is 43.9 Å². The third-order valence-corrected chi connectivity index (χ3v) is 5.78. The number of hydrogen-bond acceptors (Lipinski definition) is 4. The minimum Gasteiger partial charge on any atom is -0.340 e. The van der Waals surface area contributed by atoms with Crippen molar-refractivity contribution in [1.29, 1.82) is 5.26 Å². The molecule has 0 saturated carbocycles. The number of rotatable bonds is 6. The monoisotopic (exact) mass is 412 g/mol. The van der Waals surface area contributed by atoms with Crippen molar-refractivity contribution in [3.8, 4) is 17.2 Å². The van der Waals surface area contributed by atoms with E-state index in [1.807, 2.05) is 37.4 Å². The van der Waals surface area contributed by atoms with Crippen molar-refractivity contribution in [2.45, 2.75) is 38.4 Å². The summed E-state index contributed by atoms with van der Waals surface area (Å²) in [5, 5.41) is 20.0. The molecule has 156 valence electrons. The Hall–Kier alpha value is -3.30. The number of benzene rings is 2. The maximum atomic E-state index is 9.88. The van der Waals surface area contributed by atoms with Gasteiger partial charge < -0.3 is 4.74 Å².